The highest BCUT2D eigenvalue weighted by Gasteiger charge is 2.13. The first-order valence-electron chi connectivity index (χ1n) is 6.01. The molecule has 0 saturated heterocycles. The van der Waals surface area contributed by atoms with E-state index >= 15 is 0 Å². The van der Waals surface area contributed by atoms with Crippen molar-refractivity contribution in [2.45, 2.75) is 19.8 Å². The lowest BCUT2D eigenvalue weighted by Gasteiger charge is -2.02. The summed E-state index contributed by atoms with van der Waals surface area (Å²) >= 11 is 0. The van der Waals surface area contributed by atoms with Crippen LogP contribution >= 0.6 is 0 Å². The number of ether oxygens (including phenoxy) is 1. The van der Waals surface area contributed by atoms with E-state index in [4.69, 9.17) is 15.0 Å². The van der Waals surface area contributed by atoms with Crippen LogP contribution in [-0.4, -0.2) is 23.3 Å². The zero-order chi connectivity index (χ0) is 13.0. The predicted molar refractivity (Wildman–Crippen MR) is 68.4 cm³/mol. The Balaban J connectivity index is 2.18. The second-order valence-electron chi connectivity index (χ2n) is 4.05. The molecule has 1 heterocycles. The molecule has 0 aliphatic rings. The molecule has 1 atom stereocenters. The minimum atomic E-state index is 0.102. The molecule has 0 spiro atoms. The molecule has 1 aromatic heterocycles. The Morgan fingerprint density at radius 1 is 1.33 bits per heavy atom. The molecule has 0 aliphatic heterocycles. The highest BCUT2D eigenvalue weighted by molar-refractivity contribution is 5.54. The van der Waals surface area contributed by atoms with Crippen LogP contribution in [0.3, 0.4) is 0 Å². The lowest BCUT2D eigenvalue weighted by atomic mass is 10.2. The molecule has 2 aromatic rings. The minimum Gasteiger partial charge on any atom is -0.494 e. The number of hydrogen-bond acceptors (Lipinski definition) is 5. The van der Waals surface area contributed by atoms with Crippen LogP contribution in [0.15, 0.2) is 28.8 Å². The van der Waals surface area contributed by atoms with Crippen molar-refractivity contribution in [2.24, 2.45) is 5.73 Å². The van der Waals surface area contributed by atoms with Crippen LogP contribution in [-0.2, 0) is 0 Å². The summed E-state index contributed by atoms with van der Waals surface area (Å²) in [6.45, 7) is 5.07. The third kappa shape index (κ3) is 2.68. The quantitative estimate of drug-likeness (QED) is 0.876. The van der Waals surface area contributed by atoms with Gasteiger partial charge in [0.25, 0.3) is 5.89 Å². The van der Waals surface area contributed by atoms with E-state index in [0.29, 0.717) is 24.9 Å². The largest absolute Gasteiger partial charge is 0.494 e. The Morgan fingerprint density at radius 3 is 2.67 bits per heavy atom. The monoisotopic (exact) mass is 247 g/mol. The molecular weight excluding hydrogens is 230 g/mol. The fraction of sp³-hybridized carbons (Fsp3) is 0.385. The maximum Gasteiger partial charge on any atom is 0.257 e. The van der Waals surface area contributed by atoms with Crippen LogP contribution in [0.5, 0.6) is 5.75 Å². The normalized spacial score (nSPS) is 12.4. The van der Waals surface area contributed by atoms with Gasteiger partial charge in [-0.3, -0.25) is 0 Å². The van der Waals surface area contributed by atoms with Gasteiger partial charge in [-0.25, -0.2) is 0 Å². The van der Waals surface area contributed by atoms with Gasteiger partial charge in [-0.2, -0.15) is 4.98 Å². The lowest BCUT2D eigenvalue weighted by molar-refractivity contribution is 0.340. The van der Waals surface area contributed by atoms with Crippen molar-refractivity contribution in [2.75, 3.05) is 13.2 Å². The molecule has 2 N–H and O–H groups in total. The molecule has 2 rings (SSSR count). The standard InChI is InChI=1S/C13H17N3O2/c1-3-17-11-6-4-10(5-7-11)13-15-12(16-18-13)9(2)8-14/h4-7,9H,3,8,14H2,1-2H3. The number of nitrogens with zero attached hydrogens (tertiary/aromatic N) is 2. The maximum absolute atomic E-state index is 5.57. The zero-order valence-corrected chi connectivity index (χ0v) is 10.6. The molecular formula is C13H17N3O2. The van der Waals surface area contributed by atoms with E-state index in [9.17, 15) is 0 Å². The number of benzene rings is 1. The van der Waals surface area contributed by atoms with Gasteiger partial charge in [0, 0.05) is 18.0 Å². The molecule has 1 unspecified atom stereocenters. The summed E-state index contributed by atoms with van der Waals surface area (Å²) in [4.78, 5) is 4.33. The second kappa shape index (κ2) is 5.64. The minimum absolute atomic E-state index is 0.102. The number of nitrogens with two attached hydrogens (primary N) is 1. The molecule has 0 bridgehead atoms. The van der Waals surface area contributed by atoms with E-state index in [2.05, 4.69) is 10.1 Å². The van der Waals surface area contributed by atoms with Crippen LogP contribution in [0.1, 0.15) is 25.6 Å². The third-order valence-corrected chi connectivity index (χ3v) is 2.65. The molecule has 5 nitrogen and oxygen atoms in total. The first kappa shape index (κ1) is 12.6. The van der Waals surface area contributed by atoms with Gasteiger partial charge in [-0.05, 0) is 31.2 Å². The Labute approximate surface area is 106 Å². The van der Waals surface area contributed by atoms with Crippen molar-refractivity contribution >= 4 is 0 Å². The highest BCUT2D eigenvalue weighted by Crippen LogP contribution is 2.22. The summed E-state index contributed by atoms with van der Waals surface area (Å²) < 4.78 is 10.6. The van der Waals surface area contributed by atoms with E-state index in [1.807, 2.05) is 38.1 Å². The fourth-order valence-corrected chi connectivity index (χ4v) is 1.52. The topological polar surface area (TPSA) is 74.2 Å². The number of aromatic nitrogens is 2. The van der Waals surface area contributed by atoms with Crippen molar-refractivity contribution < 1.29 is 9.26 Å². The summed E-state index contributed by atoms with van der Waals surface area (Å²) in [6, 6.07) is 7.56. The van der Waals surface area contributed by atoms with Crippen LogP contribution in [0.2, 0.25) is 0 Å². The maximum atomic E-state index is 5.57. The Hall–Kier alpha value is -1.88. The molecule has 1 aromatic carbocycles. The van der Waals surface area contributed by atoms with Gasteiger partial charge in [0.1, 0.15) is 5.75 Å². The number of rotatable bonds is 5. The van der Waals surface area contributed by atoms with Crippen molar-refractivity contribution in [1.82, 2.24) is 10.1 Å². The molecule has 96 valence electrons. The van der Waals surface area contributed by atoms with E-state index in [0.717, 1.165) is 11.3 Å². The van der Waals surface area contributed by atoms with Crippen molar-refractivity contribution in [3.8, 4) is 17.2 Å². The van der Waals surface area contributed by atoms with E-state index in [1.54, 1.807) is 0 Å². The van der Waals surface area contributed by atoms with Gasteiger partial charge in [-0.1, -0.05) is 12.1 Å². The van der Waals surface area contributed by atoms with E-state index in [1.165, 1.54) is 0 Å². The molecule has 0 aliphatic carbocycles. The van der Waals surface area contributed by atoms with Crippen LogP contribution in [0.4, 0.5) is 0 Å². The van der Waals surface area contributed by atoms with Gasteiger partial charge in [0.2, 0.25) is 0 Å². The fourth-order valence-electron chi connectivity index (χ4n) is 1.52. The first-order chi connectivity index (χ1) is 8.74. The van der Waals surface area contributed by atoms with Gasteiger partial charge < -0.3 is 15.0 Å². The summed E-state index contributed by atoms with van der Waals surface area (Å²) in [5, 5.41) is 3.92. The molecule has 0 amide bonds. The van der Waals surface area contributed by atoms with Gasteiger partial charge >= 0.3 is 0 Å². The molecule has 0 radical (unpaired) electrons. The third-order valence-electron chi connectivity index (χ3n) is 2.65. The van der Waals surface area contributed by atoms with Crippen LogP contribution in [0.25, 0.3) is 11.5 Å². The second-order valence-corrected chi connectivity index (χ2v) is 4.05. The van der Waals surface area contributed by atoms with Crippen LogP contribution in [0, 0.1) is 0 Å². The molecule has 18 heavy (non-hydrogen) atoms. The summed E-state index contributed by atoms with van der Waals surface area (Å²) in [6.07, 6.45) is 0. The van der Waals surface area contributed by atoms with Gasteiger partial charge in [0.15, 0.2) is 5.82 Å². The Bertz CT molecular complexity index is 493. The van der Waals surface area contributed by atoms with Crippen molar-refractivity contribution in [3.63, 3.8) is 0 Å². The predicted octanol–water partition coefficient (Wildman–Crippen LogP) is 2.20. The summed E-state index contributed by atoms with van der Waals surface area (Å²) in [5.41, 5.74) is 6.44. The van der Waals surface area contributed by atoms with Gasteiger partial charge in [0.05, 0.1) is 6.61 Å². The highest BCUT2D eigenvalue weighted by atomic mass is 16.5. The lowest BCUT2D eigenvalue weighted by Crippen LogP contribution is -2.10. The van der Waals surface area contributed by atoms with Crippen LogP contribution < -0.4 is 10.5 Å². The molecule has 0 saturated carbocycles. The zero-order valence-electron chi connectivity index (χ0n) is 10.6. The van der Waals surface area contributed by atoms with Gasteiger partial charge in [-0.15, -0.1) is 0 Å². The van der Waals surface area contributed by atoms with E-state index < -0.39 is 0 Å². The van der Waals surface area contributed by atoms with Crippen molar-refractivity contribution in [3.05, 3.63) is 30.1 Å². The average Bonchev–Trinajstić information content (AvgIpc) is 2.89. The molecule has 0 fully saturated rings. The smallest absolute Gasteiger partial charge is 0.257 e. The molecule has 5 heteroatoms. The number of hydrogen-bond donors (Lipinski definition) is 1. The van der Waals surface area contributed by atoms with Crippen molar-refractivity contribution in [1.29, 1.82) is 0 Å². The Morgan fingerprint density at radius 2 is 2.06 bits per heavy atom. The first-order valence-corrected chi connectivity index (χ1v) is 6.01. The van der Waals surface area contributed by atoms with E-state index in [-0.39, 0.29) is 5.92 Å². The summed E-state index contributed by atoms with van der Waals surface area (Å²) in [5.74, 6) is 2.08. The SMILES string of the molecule is CCOc1ccc(-c2nc(C(C)CN)no2)cc1. The Kier molecular flexibility index (Phi) is 3.94. The average molecular weight is 247 g/mol. The summed E-state index contributed by atoms with van der Waals surface area (Å²) in [7, 11) is 0.